The average Bonchev–Trinajstić information content (AvgIpc) is 1.99. The topological polar surface area (TPSA) is 87.7 Å². The van der Waals surface area contributed by atoms with Crippen molar-refractivity contribution < 1.29 is 19.4 Å². The SMILES string of the molecule is COCC(C)(C)NC(=O)NC(C)(C)C(=O)O. The third-order valence-corrected chi connectivity index (χ3v) is 1.92. The third kappa shape index (κ3) is 4.97. The van der Waals surface area contributed by atoms with Crippen LogP contribution in [-0.4, -0.2) is 41.9 Å². The molecule has 0 radical (unpaired) electrons. The minimum Gasteiger partial charge on any atom is -0.480 e. The fourth-order valence-corrected chi connectivity index (χ4v) is 1.07. The maximum Gasteiger partial charge on any atom is 0.328 e. The van der Waals surface area contributed by atoms with Gasteiger partial charge >= 0.3 is 12.0 Å². The zero-order chi connectivity index (χ0) is 13.0. The van der Waals surface area contributed by atoms with Crippen molar-refractivity contribution in [1.82, 2.24) is 10.6 Å². The molecular weight excluding hydrogens is 212 g/mol. The van der Waals surface area contributed by atoms with Crippen LogP contribution in [0.1, 0.15) is 27.7 Å². The van der Waals surface area contributed by atoms with Gasteiger partial charge in [0.1, 0.15) is 5.54 Å². The van der Waals surface area contributed by atoms with Crippen LogP contribution in [-0.2, 0) is 9.53 Å². The average molecular weight is 232 g/mol. The Hall–Kier alpha value is -1.30. The number of nitrogens with one attached hydrogen (secondary N) is 2. The van der Waals surface area contributed by atoms with Gasteiger partial charge < -0.3 is 20.5 Å². The lowest BCUT2D eigenvalue weighted by molar-refractivity contribution is -0.142. The number of hydrogen-bond donors (Lipinski definition) is 3. The maximum atomic E-state index is 11.5. The molecule has 0 aromatic rings. The summed E-state index contributed by atoms with van der Waals surface area (Å²) in [7, 11) is 1.53. The van der Waals surface area contributed by atoms with Crippen molar-refractivity contribution in [2.45, 2.75) is 38.8 Å². The number of carboxylic acids is 1. The highest BCUT2D eigenvalue weighted by molar-refractivity contribution is 5.85. The lowest BCUT2D eigenvalue weighted by atomic mass is 10.1. The molecule has 0 aliphatic rings. The molecule has 0 aromatic carbocycles. The van der Waals surface area contributed by atoms with E-state index in [2.05, 4.69) is 10.6 Å². The Labute approximate surface area is 95.4 Å². The van der Waals surface area contributed by atoms with Crippen molar-refractivity contribution in [3.63, 3.8) is 0 Å². The first-order valence-corrected chi connectivity index (χ1v) is 4.93. The first kappa shape index (κ1) is 14.7. The van der Waals surface area contributed by atoms with Crippen molar-refractivity contribution in [1.29, 1.82) is 0 Å². The number of rotatable bonds is 5. The Morgan fingerprint density at radius 1 is 1.19 bits per heavy atom. The smallest absolute Gasteiger partial charge is 0.328 e. The van der Waals surface area contributed by atoms with E-state index in [-0.39, 0.29) is 0 Å². The summed E-state index contributed by atoms with van der Waals surface area (Å²) >= 11 is 0. The van der Waals surface area contributed by atoms with E-state index < -0.39 is 23.1 Å². The van der Waals surface area contributed by atoms with Crippen LogP contribution < -0.4 is 10.6 Å². The summed E-state index contributed by atoms with van der Waals surface area (Å²) in [4.78, 5) is 22.3. The van der Waals surface area contributed by atoms with E-state index in [1.54, 1.807) is 13.8 Å². The van der Waals surface area contributed by atoms with Crippen LogP contribution in [0.4, 0.5) is 4.79 Å². The predicted molar refractivity (Wildman–Crippen MR) is 59.3 cm³/mol. The molecule has 0 heterocycles. The van der Waals surface area contributed by atoms with Crippen LogP contribution in [0.25, 0.3) is 0 Å². The summed E-state index contributed by atoms with van der Waals surface area (Å²) in [5.41, 5.74) is -1.85. The first-order chi connectivity index (χ1) is 7.10. The molecule has 2 amide bonds. The molecule has 0 aliphatic carbocycles. The quantitative estimate of drug-likeness (QED) is 0.646. The van der Waals surface area contributed by atoms with Crippen molar-refractivity contribution in [2.75, 3.05) is 13.7 Å². The Kier molecular flexibility index (Phi) is 4.74. The van der Waals surface area contributed by atoms with Gasteiger partial charge in [-0.05, 0) is 27.7 Å². The van der Waals surface area contributed by atoms with Crippen LogP contribution in [0, 0.1) is 0 Å². The summed E-state index contributed by atoms with van der Waals surface area (Å²) in [5.74, 6) is -1.09. The number of aliphatic carboxylic acids is 1. The molecule has 94 valence electrons. The lowest BCUT2D eigenvalue weighted by Gasteiger charge is -2.28. The van der Waals surface area contributed by atoms with Crippen LogP contribution in [0.5, 0.6) is 0 Å². The highest BCUT2D eigenvalue weighted by atomic mass is 16.5. The highest BCUT2D eigenvalue weighted by Gasteiger charge is 2.30. The largest absolute Gasteiger partial charge is 0.480 e. The monoisotopic (exact) mass is 232 g/mol. The van der Waals surface area contributed by atoms with Gasteiger partial charge in [-0.3, -0.25) is 0 Å². The summed E-state index contributed by atoms with van der Waals surface area (Å²) in [6.07, 6.45) is 0. The van der Waals surface area contributed by atoms with Crippen LogP contribution in [0.3, 0.4) is 0 Å². The fourth-order valence-electron chi connectivity index (χ4n) is 1.07. The van der Waals surface area contributed by atoms with Crippen LogP contribution in [0.2, 0.25) is 0 Å². The molecule has 0 rings (SSSR count). The molecule has 0 bridgehead atoms. The van der Waals surface area contributed by atoms with Gasteiger partial charge in [-0.1, -0.05) is 0 Å². The second-order valence-electron chi connectivity index (χ2n) is 4.83. The zero-order valence-electron chi connectivity index (χ0n) is 10.4. The molecule has 0 saturated heterocycles. The van der Waals surface area contributed by atoms with E-state index in [0.29, 0.717) is 6.61 Å². The van der Waals surface area contributed by atoms with Crippen molar-refractivity contribution in [2.24, 2.45) is 0 Å². The Balaban J connectivity index is 4.34. The Morgan fingerprint density at radius 3 is 2.06 bits per heavy atom. The molecule has 0 atom stereocenters. The number of carbonyl (C=O) groups excluding carboxylic acids is 1. The van der Waals surface area contributed by atoms with Gasteiger partial charge in [0.15, 0.2) is 0 Å². The standard InChI is InChI=1S/C10H20N2O4/c1-9(2,6-16-5)11-8(15)12-10(3,4)7(13)14/h6H2,1-5H3,(H,13,14)(H2,11,12,15). The van der Waals surface area contributed by atoms with Crippen molar-refractivity contribution in [3.8, 4) is 0 Å². The third-order valence-electron chi connectivity index (χ3n) is 1.92. The van der Waals surface area contributed by atoms with Gasteiger partial charge in [-0.15, -0.1) is 0 Å². The molecule has 0 spiro atoms. The number of carboxylic acid groups (broad SMARTS) is 1. The molecule has 0 aromatic heterocycles. The molecule has 6 nitrogen and oxygen atoms in total. The Bertz CT molecular complexity index is 274. The molecule has 0 unspecified atom stereocenters. The fraction of sp³-hybridized carbons (Fsp3) is 0.800. The molecule has 0 aliphatic heterocycles. The highest BCUT2D eigenvalue weighted by Crippen LogP contribution is 2.05. The number of amides is 2. The van der Waals surface area contributed by atoms with Gasteiger partial charge in [0, 0.05) is 7.11 Å². The number of urea groups is 1. The summed E-state index contributed by atoms with van der Waals surface area (Å²) in [6.45, 7) is 6.73. The van der Waals surface area contributed by atoms with Crippen LogP contribution >= 0.6 is 0 Å². The molecule has 3 N–H and O–H groups in total. The summed E-state index contributed by atoms with van der Waals surface area (Å²) in [6, 6.07) is -0.533. The predicted octanol–water partition coefficient (Wildman–Crippen LogP) is 0.574. The Morgan fingerprint density at radius 2 is 1.69 bits per heavy atom. The van der Waals surface area contributed by atoms with E-state index in [0.717, 1.165) is 0 Å². The maximum absolute atomic E-state index is 11.5. The van der Waals surface area contributed by atoms with E-state index in [1.165, 1.54) is 21.0 Å². The van der Waals surface area contributed by atoms with E-state index in [4.69, 9.17) is 9.84 Å². The van der Waals surface area contributed by atoms with E-state index >= 15 is 0 Å². The minimum atomic E-state index is -1.30. The van der Waals surface area contributed by atoms with Crippen molar-refractivity contribution in [3.05, 3.63) is 0 Å². The zero-order valence-corrected chi connectivity index (χ0v) is 10.4. The lowest BCUT2D eigenvalue weighted by Crippen LogP contribution is -2.58. The molecule has 6 heteroatoms. The van der Waals surface area contributed by atoms with E-state index in [9.17, 15) is 9.59 Å². The molecule has 16 heavy (non-hydrogen) atoms. The second kappa shape index (κ2) is 5.16. The molecule has 0 saturated carbocycles. The molecule has 0 fully saturated rings. The minimum absolute atomic E-state index is 0.341. The van der Waals surface area contributed by atoms with Gasteiger partial charge in [0.25, 0.3) is 0 Å². The number of carbonyl (C=O) groups is 2. The van der Waals surface area contributed by atoms with Gasteiger partial charge in [-0.25, -0.2) is 9.59 Å². The summed E-state index contributed by atoms with van der Waals surface area (Å²) in [5, 5.41) is 13.8. The second-order valence-corrected chi connectivity index (χ2v) is 4.83. The number of ether oxygens (including phenoxy) is 1. The molecular formula is C10H20N2O4. The van der Waals surface area contributed by atoms with Gasteiger partial charge in [0.2, 0.25) is 0 Å². The van der Waals surface area contributed by atoms with E-state index in [1.807, 2.05) is 0 Å². The number of methoxy groups -OCH3 is 1. The van der Waals surface area contributed by atoms with Crippen LogP contribution in [0.15, 0.2) is 0 Å². The van der Waals surface area contributed by atoms with Crippen molar-refractivity contribution >= 4 is 12.0 Å². The van der Waals surface area contributed by atoms with Gasteiger partial charge in [0.05, 0.1) is 12.1 Å². The van der Waals surface area contributed by atoms with Gasteiger partial charge in [-0.2, -0.15) is 0 Å². The summed E-state index contributed by atoms with van der Waals surface area (Å²) < 4.78 is 4.93. The first-order valence-electron chi connectivity index (χ1n) is 4.93. The normalized spacial score (nSPS) is 12.1. The number of hydrogen-bond acceptors (Lipinski definition) is 3.